The first-order valence-corrected chi connectivity index (χ1v) is 18.7. The zero-order chi connectivity index (χ0) is 36.6. The standard InChI is InChI=1S/C52H35N3/c1-5-18-36(19-6-1)48-33-40(34-49(53-48)37-20-7-2-8-21-37)38-22-17-23-39(32-38)52-46-35-50(55(41-24-9-3-10-25-41)42-26-11-4-12-27-42)43-28-13-14-29-44(43)51(46)45-30-15-16-31-47(45)54-52/h1-35H. The quantitative estimate of drug-likeness (QED) is 0.155. The fourth-order valence-corrected chi connectivity index (χ4v) is 7.84. The highest BCUT2D eigenvalue weighted by atomic mass is 15.1. The number of aromatic nitrogens is 2. The Morgan fingerprint density at radius 1 is 0.309 bits per heavy atom. The number of anilines is 3. The maximum atomic E-state index is 5.46. The predicted molar refractivity (Wildman–Crippen MR) is 231 cm³/mol. The van der Waals surface area contributed by atoms with Gasteiger partial charge in [0.15, 0.2) is 0 Å². The molecule has 55 heavy (non-hydrogen) atoms. The molecule has 3 heteroatoms. The highest BCUT2D eigenvalue weighted by Gasteiger charge is 2.21. The molecule has 2 heterocycles. The van der Waals surface area contributed by atoms with Gasteiger partial charge in [0.05, 0.1) is 28.3 Å². The van der Waals surface area contributed by atoms with Crippen LogP contribution in [-0.4, -0.2) is 9.97 Å². The molecule has 0 atom stereocenters. The molecule has 0 aliphatic carbocycles. The van der Waals surface area contributed by atoms with E-state index >= 15 is 0 Å². The average Bonchev–Trinajstić information content (AvgIpc) is 3.27. The van der Waals surface area contributed by atoms with Crippen molar-refractivity contribution in [2.45, 2.75) is 0 Å². The van der Waals surface area contributed by atoms with E-state index in [1.165, 1.54) is 16.2 Å². The largest absolute Gasteiger partial charge is 0.310 e. The molecule has 8 aromatic carbocycles. The van der Waals surface area contributed by atoms with E-state index in [1.54, 1.807) is 0 Å². The lowest BCUT2D eigenvalue weighted by Crippen LogP contribution is -2.10. The molecule has 10 rings (SSSR count). The lowest BCUT2D eigenvalue weighted by atomic mass is 9.92. The number of benzene rings is 8. The van der Waals surface area contributed by atoms with Gasteiger partial charge in [-0.15, -0.1) is 0 Å². The number of nitrogens with zero attached hydrogens (tertiary/aromatic N) is 3. The minimum absolute atomic E-state index is 0.940. The van der Waals surface area contributed by atoms with Crippen molar-refractivity contribution in [3.05, 3.63) is 212 Å². The molecule has 258 valence electrons. The summed E-state index contributed by atoms with van der Waals surface area (Å²) in [5.41, 5.74) is 12.5. The van der Waals surface area contributed by atoms with Crippen molar-refractivity contribution < 1.29 is 0 Å². The summed E-state index contributed by atoms with van der Waals surface area (Å²) in [6.45, 7) is 0. The normalized spacial score (nSPS) is 11.3. The molecule has 0 aliphatic rings. The summed E-state index contributed by atoms with van der Waals surface area (Å²) in [4.78, 5) is 13.0. The van der Waals surface area contributed by atoms with E-state index in [2.05, 4.69) is 205 Å². The smallest absolute Gasteiger partial charge is 0.0789 e. The third-order valence-electron chi connectivity index (χ3n) is 10.4. The lowest BCUT2D eigenvalue weighted by Gasteiger charge is -2.28. The maximum absolute atomic E-state index is 5.46. The van der Waals surface area contributed by atoms with Crippen molar-refractivity contribution in [1.29, 1.82) is 0 Å². The second kappa shape index (κ2) is 13.9. The number of fused-ring (bicyclic) bond motifs is 5. The van der Waals surface area contributed by atoms with Crippen LogP contribution >= 0.6 is 0 Å². The minimum Gasteiger partial charge on any atom is -0.310 e. The monoisotopic (exact) mass is 701 g/mol. The van der Waals surface area contributed by atoms with Crippen LogP contribution in [-0.2, 0) is 0 Å². The van der Waals surface area contributed by atoms with E-state index in [9.17, 15) is 0 Å². The molecule has 3 nitrogen and oxygen atoms in total. The third-order valence-corrected chi connectivity index (χ3v) is 10.4. The summed E-state index contributed by atoms with van der Waals surface area (Å²) in [6, 6.07) is 75.0. The Balaban J connectivity index is 1.23. The number of rotatable bonds is 7. The Bertz CT molecular complexity index is 2860. The Hall–Kier alpha value is -7.36. The molecule has 2 aromatic heterocycles. The van der Waals surface area contributed by atoms with Crippen LogP contribution in [0.2, 0.25) is 0 Å². The Kier molecular flexibility index (Phi) is 8.16. The van der Waals surface area contributed by atoms with Gasteiger partial charge in [0.25, 0.3) is 0 Å². The summed E-state index contributed by atoms with van der Waals surface area (Å²) in [7, 11) is 0. The number of hydrogen-bond acceptors (Lipinski definition) is 3. The Morgan fingerprint density at radius 3 is 1.42 bits per heavy atom. The van der Waals surface area contributed by atoms with Crippen molar-refractivity contribution >= 4 is 49.5 Å². The molecule has 0 radical (unpaired) electrons. The van der Waals surface area contributed by atoms with Crippen molar-refractivity contribution in [2.75, 3.05) is 4.90 Å². The second-order valence-corrected chi connectivity index (χ2v) is 13.8. The zero-order valence-corrected chi connectivity index (χ0v) is 30.0. The van der Waals surface area contributed by atoms with Gasteiger partial charge in [-0.2, -0.15) is 0 Å². The Labute approximate surface area is 320 Å². The average molecular weight is 702 g/mol. The molecule has 0 fully saturated rings. The van der Waals surface area contributed by atoms with Crippen LogP contribution in [0.25, 0.3) is 77.3 Å². The van der Waals surface area contributed by atoms with Crippen molar-refractivity contribution in [3.8, 4) is 44.9 Å². The van der Waals surface area contributed by atoms with E-state index in [-0.39, 0.29) is 0 Å². The van der Waals surface area contributed by atoms with Crippen LogP contribution in [0.1, 0.15) is 0 Å². The fourth-order valence-electron chi connectivity index (χ4n) is 7.84. The molecule has 0 N–H and O–H groups in total. The van der Waals surface area contributed by atoms with E-state index in [0.29, 0.717) is 0 Å². The summed E-state index contributed by atoms with van der Waals surface area (Å²) < 4.78 is 0. The number of para-hydroxylation sites is 3. The van der Waals surface area contributed by atoms with Gasteiger partial charge in [-0.3, -0.25) is 0 Å². The van der Waals surface area contributed by atoms with Gasteiger partial charge < -0.3 is 4.90 Å². The SMILES string of the molecule is c1ccc(-c2cc(-c3cccc(-c4nc5ccccc5c5c4cc(N(c4ccccc4)c4ccccc4)c4ccccc45)c3)cc(-c3ccccc3)n2)cc1. The van der Waals surface area contributed by atoms with Crippen LogP contribution in [0.3, 0.4) is 0 Å². The van der Waals surface area contributed by atoms with Crippen LogP contribution < -0.4 is 4.90 Å². The van der Waals surface area contributed by atoms with Crippen molar-refractivity contribution in [2.24, 2.45) is 0 Å². The topological polar surface area (TPSA) is 29.0 Å². The first-order valence-electron chi connectivity index (χ1n) is 18.7. The second-order valence-electron chi connectivity index (χ2n) is 13.8. The zero-order valence-electron chi connectivity index (χ0n) is 30.0. The van der Waals surface area contributed by atoms with E-state index in [4.69, 9.17) is 9.97 Å². The van der Waals surface area contributed by atoms with Crippen LogP contribution in [0.5, 0.6) is 0 Å². The van der Waals surface area contributed by atoms with Crippen molar-refractivity contribution in [3.63, 3.8) is 0 Å². The van der Waals surface area contributed by atoms with Crippen LogP contribution in [0.15, 0.2) is 212 Å². The van der Waals surface area contributed by atoms with Crippen LogP contribution in [0, 0.1) is 0 Å². The maximum Gasteiger partial charge on any atom is 0.0789 e. The molecule has 0 amide bonds. The van der Waals surface area contributed by atoms with Gasteiger partial charge in [-0.05, 0) is 71.1 Å². The molecule has 0 saturated heterocycles. The number of pyridine rings is 2. The number of hydrogen-bond donors (Lipinski definition) is 0. The van der Waals surface area contributed by atoms with Gasteiger partial charge in [0, 0.05) is 49.6 Å². The summed E-state index contributed by atoms with van der Waals surface area (Å²) >= 11 is 0. The third kappa shape index (κ3) is 5.98. The Morgan fingerprint density at radius 2 is 0.800 bits per heavy atom. The summed E-state index contributed by atoms with van der Waals surface area (Å²) in [5, 5.41) is 5.81. The minimum atomic E-state index is 0.940. The fraction of sp³-hybridized carbons (Fsp3) is 0. The van der Waals surface area contributed by atoms with E-state index in [1.807, 2.05) is 12.1 Å². The highest BCUT2D eigenvalue weighted by Crippen LogP contribution is 2.46. The van der Waals surface area contributed by atoms with Gasteiger partial charge in [-0.25, -0.2) is 9.97 Å². The van der Waals surface area contributed by atoms with Gasteiger partial charge in [0.2, 0.25) is 0 Å². The molecule has 0 spiro atoms. The van der Waals surface area contributed by atoms with Gasteiger partial charge >= 0.3 is 0 Å². The van der Waals surface area contributed by atoms with Gasteiger partial charge in [-0.1, -0.05) is 158 Å². The lowest BCUT2D eigenvalue weighted by molar-refractivity contribution is 1.30. The molecule has 0 bridgehead atoms. The van der Waals surface area contributed by atoms with Crippen LogP contribution in [0.4, 0.5) is 17.1 Å². The molecule has 0 aliphatic heterocycles. The molecule has 0 unspecified atom stereocenters. The highest BCUT2D eigenvalue weighted by molar-refractivity contribution is 6.25. The first-order chi connectivity index (χ1) is 27.3. The summed E-state index contributed by atoms with van der Waals surface area (Å²) in [6.07, 6.45) is 0. The van der Waals surface area contributed by atoms with Crippen molar-refractivity contribution in [1.82, 2.24) is 9.97 Å². The van der Waals surface area contributed by atoms with E-state index in [0.717, 1.165) is 78.3 Å². The molecule has 0 saturated carbocycles. The molecule has 10 aromatic rings. The van der Waals surface area contributed by atoms with E-state index < -0.39 is 0 Å². The molecular formula is C52H35N3. The summed E-state index contributed by atoms with van der Waals surface area (Å²) in [5.74, 6) is 0. The molecular weight excluding hydrogens is 667 g/mol. The van der Waals surface area contributed by atoms with Gasteiger partial charge in [0.1, 0.15) is 0 Å². The first kappa shape index (κ1) is 32.3. The predicted octanol–water partition coefficient (Wildman–Crippen LogP) is 14.1.